The second kappa shape index (κ2) is 5.75. The summed E-state index contributed by atoms with van der Waals surface area (Å²) < 4.78 is 14.9. The van der Waals surface area contributed by atoms with E-state index in [-0.39, 0.29) is 0 Å². The highest BCUT2D eigenvalue weighted by molar-refractivity contribution is 9.10. The van der Waals surface area contributed by atoms with Gasteiger partial charge >= 0.3 is 0 Å². The lowest BCUT2D eigenvalue weighted by molar-refractivity contribution is 0.664. The monoisotopic (exact) mass is 346 g/mol. The number of halogens is 1. The summed E-state index contributed by atoms with van der Waals surface area (Å²) in [6, 6.07) is 0. The number of fused-ring (bicyclic) bond motifs is 1. The van der Waals surface area contributed by atoms with E-state index in [0.29, 0.717) is 21.7 Å². The third kappa shape index (κ3) is 2.81. The summed E-state index contributed by atoms with van der Waals surface area (Å²) in [5.74, 6) is 1.06. The first-order chi connectivity index (χ1) is 8.52. The zero-order valence-corrected chi connectivity index (χ0v) is 13.8. The molecule has 98 valence electrons. The van der Waals surface area contributed by atoms with Crippen LogP contribution in [0.2, 0.25) is 0 Å². The number of thiazole rings is 1. The number of hydrogen-bond acceptors (Lipinski definition) is 4. The van der Waals surface area contributed by atoms with E-state index in [2.05, 4.69) is 46.7 Å². The van der Waals surface area contributed by atoms with Gasteiger partial charge in [0.25, 0.3) is 0 Å². The van der Waals surface area contributed by atoms with Gasteiger partial charge in [0.2, 0.25) is 0 Å². The molecule has 2 heterocycles. The molecule has 2 aromatic rings. The van der Waals surface area contributed by atoms with Gasteiger partial charge in [-0.25, -0.2) is 9.97 Å². The number of rotatable bonds is 4. The van der Waals surface area contributed by atoms with Gasteiger partial charge in [0.15, 0.2) is 9.99 Å². The maximum absolute atomic E-state index is 12.1. The van der Waals surface area contributed by atoms with Gasteiger partial charge in [-0.3, -0.25) is 4.21 Å². The Balaban J connectivity index is 2.47. The van der Waals surface area contributed by atoms with Crippen molar-refractivity contribution in [2.45, 2.75) is 31.5 Å². The third-order valence-electron chi connectivity index (χ3n) is 2.49. The van der Waals surface area contributed by atoms with Crippen molar-refractivity contribution in [3.8, 4) is 0 Å². The molecular weight excluding hydrogens is 332 g/mol. The first-order valence-electron chi connectivity index (χ1n) is 5.85. The van der Waals surface area contributed by atoms with Gasteiger partial charge < -0.3 is 0 Å². The van der Waals surface area contributed by atoms with E-state index in [1.165, 1.54) is 16.9 Å². The quantitative estimate of drug-likeness (QED) is 0.845. The normalized spacial score (nSPS) is 13.4. The van der Waals surface area contributed by atoms with Crippen molar-refractivity contribution >= 4 is 48.4 Å². The van der Waals surface area contributed by atoms with Crippen LogP contribution in [-0.4, -0.2) is 19.9 Å². The molecule has 0 saturated carbocycles. The molecule has 0 aliphatic heterocycles. The van der Waals surface area contributed by atoms with Crippen molar-refractivity contribution in [2.24, 2.45) is 5.92 Å². The van der Waals surface area contributed by atoms with Crippen molar-refractivity contribution in [3.63, 3.8) is 0 Å². The van der Waals surface area contributed by atoms with Gasteiger partial charge in [-0.15, -0.1) is 11.3 Å². The highest BCUT2D eigenvalue weighted by Gasteiger charge is 2.16. The molecule has 0 radical (unpaired) electrons. The summed E-state index contributed by atoms with van der Waals surface area (Å²) in [4.78, 5) is 8.69. The molecule has 0 aliphatic carbocycles. The van der Waals surface area contributed by atoms with E-state index in [1.807, 2.05) is 0 Å². The van der Waals surface area contributed by atoms with Crippen LogP contribution in [0.1, 0.15) is 26.3 Å². The lowest BCUT2D eigenvalue weighted by atomic mass is 10.2. The second-order valence-corrected chi connectivity index (χ2v) is 8.00. The number of hydrogen-bond donors (Lipinski definition) is 0. The molecule has 3 nitrogen and oxygen atoms in total. The Kier molecular flexibility index (Phi) is 4.50. The molecule has 2 rings (SSSR count). The van der Waals surface area contributed by atoms with Crippen LogP contribution in [0.3, 0.4) is 0 Å². The van der Waals surface area contributed by atoms with E-state index in [4.69, 9.17) is 0 Å². The van der Waals surface area contributed by atoms with Crippen molar-refractivity contribution in [3.05, 3.63) is 16.2 Å². The molecule has 1 atom stereocenters. The van der Waals surface area contributed by atoms with E-state index in [9.17, 15) is 4.21 Å². The van der Waals surface area contributed by atoms with E-state index < -0.39 is 10.8 Å². The van der Waals surface area contributed by atoms with E-state index in [1.54, 1.807) is 6.20 Å². The largest absolute Gasteiger partial charge is 0.252 e. The average molecular weight is 347 g/mol. The van der Waals surface area contributed by atoms with Crippen molar-refractivity contribution in [1.82, 2.24) is 9.97 Å². The molecule has 0 N–H and O–H groups in total. The van der Waals surface area contributed by atoms with Crippen LogP contribution in [-0.2, 0) is 17.2 Å². The van der Waals surface area contributed by atoms with Crippen molar-refractivity contribution < 1.29 is 4.21 Å². The van der Waals surface area contributed by atoms with Gasteiger partial charge in [0.1, 0.15) is 0 Å². The SMILES string of the molecule is CCc1c(Br)cnc2nc([S@](=O)CC(C)C)sc12. The minimum Gasteiger partial charge on any atom is -0.252 e. The van der Waals surface area contributed by atoms with Gasteiger partial charge in [-0.05, 0) is 33.8 Å². The number of aromatic nitrogens is 2. The highest BCUT2D eigenvalue weighted by atomic mass is 79.9. The van der Waals surface area contributed by atoms with Crippen molar-refractivity contribution in [2.75, 3.05) is 5.75 Å². The summed E-state index contributed by atoms with van der Waals surface area (Å²) in [7, 11) is -1.01. The van der Waals surface area contributed by atoms with Gasteiger partial charge in [0.05, 0.1) is 15.5 Å². The molecule has 0 aliphatic rings. The molecule has 0 bridgehead atoms. The maximum atomic E-state index is 12.1. The first-order valence-corrected chi connectivity index (χ1v) is 8.78. The Morgan fingerprint density at radius 3 is 2.83 bits per heavy atom. The van der Waals surface area contributed by atoms with Crippen LogP contribution in [0.4, 0.5) is 0 Å². The number of aryl methyl sites for hydroxylation is 1. The second-order valence-electron chi connectivity index (χ2n) is 4.48. The Morgan fingerprint density at radius 2 is 2.22 bits per heavy atom. The predicted molar refractivity (Wildman–Crippen MR) is 80.6 cm³/mol. The van der Waals surface area contributed by atoms with Crippen molar-refractivity contribution in [1.29, 1.82) is 0 Å². The lowest BCUT2D eigenvalue weighted by Gasteiger charge is -2.00. The fourth-order valence-electron chi connectivity index (χ4n) is 1.68. The zero-order chi connectivity index (χ0) is 13.3. The summed E-state index contributed by atoms with van der Waals surface area (Å²) in [5, 5.41) is 0. The topological polar surface area (TPSA) is 42.9 Å². The Labute approximate surface area is 122 Å². The standard InChI is InChI=1S/C12H15BrN2OS2/c1-4-8-9(13)5-14-11-10(8)17-12(15-11)18(16)6-7(2)3/h5,7H,4,6H2,1-3H3/t18-/m1/s1. The van der Waals surface area contributed by atoms with Gasteiger partial charge in [0, 0.05) is 16.4 Å². The summed E-state index contributed by atoms with van der Waals surface area (Å²) in [6.07, 6.45) is 2.69. The van der Waals surface area contributed by atoms with Crippen LogP contribution in [0.5, 0.6) is 0 Å². The Bertz CT molecular complexity index is 595. The summed E-state index contributed by atoms with van der Waals surface area (Å²) in [5.41, 5.74) is 1.91. The average Bonchev–Trinajstić information content (AvgIpc) is 2.72. The molecule has 0 amide bonds. The van der Waals surface area contributed by atoms with Crippen LogP contribution >= 0.6 is 27.3 Å². The fourth-order valence-corrected chi connectivity index (χ4v) is 5.03. The maximum Gasteiger partial charge on any atom is 0.183 e. The minimum atomic E-state index is -1.01. The van der Waals surface area contributed by atoms with Crippen LogP contribution < -0.4 is 0 Å². The molecule has 18 heavy (non-hydrogen) atoms. The number of pyridine rings is 1. The van der Waals surface area contributed by atoms with Gasteiger partial charge in [-0.1, -0.05) is 20.8 Å². The molecule has 6 heteroatoms. The Morgan fingerprint density at radius 1 is 1.50 bits per heavy atom. The molecule has 0 aromatic carbocycles. The van der Waals surface area contributed by atoms with Crippen LogP contribution in [0.25, 0.3) is 10.3 Å². The lowest BCUT2D eigenvalue weighted by Crippen LogP contribution is -2.04. The van der Waals surface area contributed by atoms with Crippen LogP contribution in [0.15, 0.2) is 15.0 Å². The molecule has 0 saturated heterocycles. The summed E-state index contributed by atoms with van der Waals surface area (Å²) in [6.45, 7) is 6.24. The predicted octanol–water partition coefficient (Wildman–Crippen LogP) is 3.78. The summed E-state index contributed by atoms with van der Waals surface area (Å²) >= 11 is 5.01. The molecule has 0 unspecified atom stereocenters. The highest BCUT2D eigenvalue weighted by Crippen LogP contribution is 2.31. The molecular formula is C12H15BrN2OS2. The fraction of sp³-hybridized carbons (Fsp3) is 0.500. The molecule has 0 spiro atoms. The number of nitrogens with zero attached hydrogens (tertiary/aromatic N) is 2. The molecule has 2 aromatic heterocycles. The van der Waals surface area contributed by atoms with Gasteiger partial charge in [-0.2, -0.15) is 0 Å². The minimum absolute atomic E-state index is 0.406. The Hall–Kier alpha value is -0.330. The molecule has 0 fully saturated rings. The smallest absolute Gasteiger partial charge is 0.183 e. The van der Waals surface area contributed by atoms with E-state index in [0.717, 1.165) is 15.6 Å². The first kappa shape index (κ1) is 14.1. The zero-order valence-electron chi connectivity index (χ0n) is 10.6. The van der Waals surface area contributed by atoms with E-state index >= 15 is 0 Å². The third-order valence-corrected chi connectivity index (χ3v) is 6.33. The van der Waals surface area contributed by atoms with Crippen LogP contribution in [0, 0.1) is 5.92 Å².